The minimum absolute atomic E-state index is 0.0149. The van der Waals surface area contributed by atoms with Crippen LogP contribution < -0.4 is 10.1 Å². The zero-order valence-corrected chi connectivity index (χ0v) is 16.9. The third-order valence-corrected chi connectivity index (χ3v) is 4.90. The zero-order chi connectivity index (χ0) is 21.1. The van der Waals surface area contributed by atoms with Gasteiger partial charge in [-0.1, -0.05) is 38.1 Å². The molecule has 2 aromatic carbocycles. The molecule has 2 atom stereocenters. The molecule has 1 aliphatic rings. The monoisotopic (exact) mass is 395 g/mol. The molecule has 0 saturated carbocycles. The van der Waals surface area contributed by atoms with Crippen LogP contribution in [0.4, 0.5) is 5.69 Å². The molecular weight excluding hydrogens is 370 g/mol. The van der Waals surface area contributed by atoms with Crippen LogP contribution in [0, 0.1) is 11.8 Å². The lowest BCUT2D eigenvalue weighted by molar-refractivity contribution is -0.132. The molecule has 7 nitrogen and oxygen atoms in total. The largest absolute Gasteiger partial charge is 0.504 e. The lowest BCUT2D eigenvalue weighted by Gasteiger charge is -2.27. The maximum Gasteiger partial charge on any atom is 0.240 e. The predicted molar refractivity (Wildman–Crippen MR) is 111 cm³/mol. The molecule has 2 unspecified atom stereocenters. The van der Waals surface area contributed by atoms with Crippen LogP contribution in [0.2, 0.25) is 0 Å². The van der Waals surface area contributed by atoms with Gasteiger partial charge < -0.3 is 15.2 Å². The van der Waals surface area contributed by atoms with E-state index in [4.69, 9.17) is 4.74 Å². The molecule has 2 N–H and O–H groups in total. The Morgan fingerprint density at radius 3 is 2.45 bits per heavy atom. The highest BCUT2D eigenvalue weighted by atomic mass is 16.5. The molecule has 2 aromatic rings. The number of aromatic hydroxyl groups is 1. The van der Waals surface area contributed by atoms with Crippen molar-refractivity contribution in [2.75, 3.05) is 12.4 Å². The van der Waals surface area contributed by atoms with Gasteiger partial charge in [0.15, 0.2) is 11.5 Å². The molecular formula is C22H25N3O4. The SMILES string of the molecule is COc1cc(C2C(C(=O)Nc3ccccc3)C(C(C)C)=NN2C(C)=O)ccc1O. The first kappa shape index (κ1) is 20.4. The van der Waals surface area contributed by atoms with E-state index in [9.17, 15) is 14.7 Å². The summed E-state index contributed by atoms with van der Waals surface area (Å²) in [5.74, 6) is -0.967. The number of carbonyl (C=O) groups is 2. The molecule has 0 aromatic heterocycles. The van der Waals surface area contributed by atoms with E-state index < -0.39 is 12.0 Å². The van der Waals surface area contributed by atoms with Gasteiger partial charge in [-0.3, -0.25) is 9.59 Å². The first-order valence-corrected chi connectivity index (χ1v) is 9.44. The van der Waals surface area contributed by atoms with Crippen molar-refractivity contribution in [3.05, 3.63) is 54.1 Å². The van der Waals surface area contributed by atoms with Crippen LogP contribution in [0.25, 0.3) is 0 Å². The number of phenolic OH excluding ortho intramolecular Hbond substituents is 1. The second kappa shape index (κ2) is 8.34. The van der Waals surface area contributed by atoms with E-state index in [1.807, 2.05) is 32.0 Å². The van der Waals surface area contributed by atoms with Crippen LogP contribution in [0.5, 0.6) is 11.5 Å². The van der Waals surface area contributed by atoms with Crippen LogP contribution in [0.3, 0.4) is 0 Å². The average Bonchev–Trinajstić information content (AvgIpc) is 3.10. The number of hydrogen-bond donors (Lipinski definition) is 2. The highest BCUT2D eigenvalue weighted by Crippen LogP contribution is 2.41. The smallest absolute Gasteiger partial charge is 0.240 e. The topological polar surface area (TPSA) is 91.2 Å². The summed E-state index contributed by atoms with van der Waals surface area (Å²) in [7, 11) is 1.45. The van der Waals surface area contributed by atoms with Crippen molar-refractivity contribution in [3.63, 3.8) is 0 Å². The third-order valence-electron chi connectivity index (χ3n) is 4.90. The number of benzene rings is 2. The van der Waals surface area contributed by atoms with E-state index >= 15 is 0 Å². The zero-order valence-electron chi connectivity index (χ0n) is 16.9. The van der Waals surface area contributed by atoms with Gasteiger partial charge in [0.1, 0.15) is 5.92 Å². The number of carbonyl (C=O) groups excluding carboxylic acids is 2. The second-order valence-corrected chi connectivity index (χ2v) is 7.25. The Balaban J connectivity index is 2.06. The maximum atomic E-state index is 13.3. The Labute approximate surface area is 170 Å². The van der Waals surface area contributed by atoms with E-state index in [1.54, 1.807) is 24.3 Å². The molecule has 29 heavy (non-hydrogen) atoms. The van der Waals surface area contributed by atoms with Crippen molar-refractivity contribution < 1.29 is 19.4 Å². The summed E-state index contributed by atoms with van der Waals surface area (Å²) in [5, 5.41) is 18.7. The highest BCUT2D eigenvalue weighted by molar-refractivity contribution is 6.12. The number of nitrogens with zero attached hydrogens (tertiary/aromatic N) is 2. The van der Waals surface area contributed by atoms with Gasteiger partial charge in [-0.05, 0) is 35.7 Å². The Bertz CT molecular complexity index is 940. The lowest BCUT2D eigenvalue weighted by Crippen LogP contribution is -2.37. The normalized spacial score (nSPS) is 18.5. The second-order valence-electron chi connectivity index (χ2n) is 7.25. The van der Waals surface area contributed by atoms with Crippen LogP contribution in [-0.2, 0) is 9.59 Å². The predicted octanol–water partition coefficient (Wildman–Crippen LogP) is 3.57. The maximum absolute atomic E-state index is 13.3. The summed E-state index contributed by atoms with van der Waals surface area (Å²) in [6, 6.07) is 13.3. The Kier molecular flexibility index (Phi) is 5.87. The summed E-state index contributed by atoms with van der Waals surface area (Å²) >= 11 is 0. The van der Waals surface area contributed by atoms with Crippen LogP contribution in [-0.4, -0.2) is 34.8 Å². The fourth-order valence-electron chi connectivity index (χ4n) is 3.52. The lowest BCUT2D eigenvalue weighted by atomic mass is 9.84. The fourth-order valence-corrected chi connectivity index (χ4v) is 3.52. The number of hydrogen-bond acceptors (Lipinski definition) is 5. The summed E-state index contributed by atoms with van der Waals surface area (Å²) in [6.45, 7) is 5.31. The standard InChI is InChI=1S/C22H25N3O4/c1-13(2)20-19(22(28)23-16-8-6-5-7-9-16)21(25(24-20)14(3)26)15-10-11-17(27)18(12-15)29-4/h5-13,19,21,27H,1-4H3,(H,23,28). The average molecular weight is 395 g/mol. The first-order chi connectivity index (χ1) is 13.8. The molecule has 152 valence electrons. The Morgan fingerprint density at radius 2 is 1.86 bits per heavy atom. The molecule has 7 heteroatoms. The van der Waals surface area contributed by atoms with E-state index in [1.165, 1.54) is 25.1 Å². The van der Waals surface area contributed by atoms with Gasteiger partial charge in [0.25, 0.3) is 0 Å². The molecule has 0 aliphatic carbocycles. The number of phenols is 1. The van der Waals surface area contributed by atoms with Crippen molar-refractivity contribution in [1.29, 1.82) is 0 Å². The Morgan fingerprint density at radius 1 is 1.17 bits per heavy atom. The van der Waals surface area contributed by atoms with Gasteiger partial charge >= 0.3 is 0 Å². The number of nitrogens with one attached hydrogen (secondary N) is 1. The third kappa shape index (κ3) is 4.08. The first-order valence-electron chi connectivity index (χ1n) is 9.44. The summed E-state index contributed by atoms with van der Waals surface area (Å²) in [5.41, 5.74) is 1.96. The number of ether oxygens (including phenoxy) is 1. The number of anilines is 1. The molecule has 1 heterocycles. The molecule has 2 amide bonds. The minimum Gasteiger partial charge on any atom is -0.504 e. The van der Waals surface area contributed by atoms with Gasteiger partial charge in [-0.25, -0.2) is 5.01 Å². The van der Waals surface area contributed by atoms with E-state index in [2.05, 4.69) is 10.4 Å². The van der Waals surface area contributed by atoms with Crippen molar-refractivity contribution in [2.45, 2.75) is 26.8 Å². The van der Waals surface area contributed by atoms with Crippen LogP contribution >= 0.6 is 0 Å². The van der Waals surface area contributed by atoms with Crippen LogP contribution in [0.15, 0.2) is 53.6 Å². The molecule has 3 rings (SSSR count). The van der Waals surface area contributed by atoms with Crippen LogP contribution in [0.1, 0.15) is 32.4 Å². The van der Waals surface area contributed by atoms with Gasteiger partial charge in [-0.2, -0.15) is 5.10 Å². The van der Waals surface area contributed by atoms with Gasteiger partial charge in [-0.15, -0.1) is 0 Å². The van der Waals surface area contributed by atoms with E-state index in [-0.39, 0.29) is 29.2 Å². The van der Waals surface area contributed by atoms with Gasteiger partial charge in [0.2, 0.25) is 11.8 Å². The summed E-state index contributed by atoms with van der Waals surface area (Å²) in [4.78, 5) is 25.6. The highest BCUT2D eigenvalue weighted by Gasteiger charge is 2.45. The number of para-hydroxylation sites is 1. The van der Waals surface area contributed by atoms with Crippen molar-refractivity contribution in [3.8, 4) is 11.5 Å². The molecule has 0 spiro atoms. The fraction of sp³-hybridized carbons (Fsp3) is 0.318. The number of rotatable bonds is 5. The molecule has 1 aliphatic heterocycles. The summed E-state index contributed by atoms with van der Waals surface area (Å²) < 4.78 is 5.22. The van der Waals surface area contributed by atoms with Crippen molar-refractivity contribution in [2.24, 2.45) is 16.9 Å². The quantitative estimate of drug-likeness (QED) is 0.810. The Hall–Kier alpha value is -3.35. The molecule has 0 saturated heterocycles. The molecule has 0 fully saturated rings. The van der Waals surface area contributed by atoms with Gasteiger partial charge in [0, 0.05) is 12.6 Å². The van der Waals surface area contributed by atoms with E-state index in [0.717, 1.165) is 0 Å². The van der Waals surface area contributed by atoms with E-state index in [0.29, 0.717) is 17.0 Å². The van der Waals surface area contributed by atoms with Crippen molar-refractivity contribution >= 4 is 23.2 Å². The number of amides is 2. The van der Waals surface area contributed by atoms with Crippen molar-refractivity contribution in [1.82, 2.24) is 5.01 Å². The van der Waals surface area contributed by atoms with Gasteiger partial charge in [0.05, 0.1) is 18.9 Å². The number of methoxy groups -OCH3 is 1. The minimum atomic E-state index is -0.673. The summed E-state index contributed by atoms with van der Waals surface area (Å²) in [6.07, 6.45) is 0. The molecule has 0 bridgehead atoms. The molecule has 0 radical (unpaired) electrons. The number of hydrazone groups is 1.